The SMILES string of the molecule is CC[CH]C1COC(=O)O1. The molecule has 0 aromatic rings. The Morgan fingerprint density at radius 1 is 1.89 bits per heavy atom. The minimum Gasteiger partial charge on any atom is -0.430 e. The van der Waals surface area contributed by atoms with Crippen LogP contribution in [-0.4, -0.2) is 18.9 Å². The van der Waals surface area contributed by atoms with Crippen LogP contribution in [-0.2, 0) is 9.47 Å². The highest BCUT2D eigenvalue weighted by Crippen LogP contribution is 2.09. The van der Waals surface area contributed by atoms with Crippen molar-refractivity contribution in [3.05, 3.63) is 6.42 Å². The number of rotatable bonds is 2. The van der Waals surface area contributed by atoms with Gasteiger partial charge in [0.15, 0.2) is 0 Å². The van der Waals surface area contributed by atoms with Gasteiger partial charge in [0.2, 0.25) is 0 Å². The second-order valence-corrected chi connectivity index (χ2v) is 1.86. The number of hydrogen-bond donors (Lipinski definition) is 0. The molecule has 3 heteroatoms. The molecule has 1 atom stereocenters. The van der Waals surface area contributed by atoms with E-state index in [-0.39, 0.29) is 6.10 Å². The number of cyclic esters (lactones) is 2. The zero-order chi connectivity index (χ0) is 6.69. The van der Waals surface area contributed by atoms with E-state index < -0.39 is 6.16 Å². The highest BCUT2D eigenvalue weighted by Gasteiger charge is 2.23. The molecule has 51 valence electrons. The summed E-state index contributed by atoms with van der Waals surface area (Å²) in [6, 6.07) is 0. The van der Waals surface area contributed by atoms with Crippen molar-refractivity contribution < 1.29 is 14.3 Å². The van der Waals surface area contributed by atoms with E-state index in [1.54, 1.807) is 0 Å². The lowest BCUT2D eigenvalue weighted by atomic mass is 10.2. The highest BCUT2D eigenvalue weighted by atomic mass is 16.8. The van der Waals surface area contributed by atoms with Crippen molar-refractivity contribution >= 4 is 6.16 Å². The van der Waals surface area contributed by atoms with Crippen LogP contribution in [0.4, 0.5) is 4.79 Å². The summed E-state index contributed by atoms with van der Waals surface area (Å²) in [4.78, 5) is 10.3. The summed E-state index contributed by atoms with van der Waals surface area (Å²) < 4.78 is 9.21. The fourth-order valence-electron chi connectivity index (χ4n) is 0.721. The molecule has 1 saturated heterocycles. The number of ether oxygens (including phenoxy) is 2. The predicted octanol–water partition coefficient (Wildman–Crippen LogP) is 1.14. The normalized spacial score (nSPS) is 25.4. The van der Waals surface area contributed by atoms with Gasteiger partial charge in [0, 0.05) is 6.42 Å². The van der Waals surface area contributed by atoms with E-state index in [4.69, 9.17) is 0 Å². The molecule has 1 heterocycles. The third kappa shape index (κ3) is 1.59. The summed E-state index contributed by atoms with van der Waals surface area (Å²) in [5.41, 5.74) is 0. The van der Waals surface area contributed by atoms with Crippen LogP contribution < -0.4 is 0 Å². The Bertz CT molecular complexity index is 111. The molecule has 0 N–H and O–H groups in total. The molecule has 0 saturated carbocycles. The van der Waals surface area contributed by atoms with E-state index in [2.05, 4.69) is 9.47 Å². The van der Waals surface area contributed by atoms with Gasteiger partial charge in [0.05, 0.1) is 0 Å². The Balaban J connectivity index is 2.22. The van der Waals surface area contributed by atoms with Crippen LogP contribution in [0.1, 0.15) is 13.3 Å². The maximum absolute atomic E-state index is 10.3. The first-order valence-electron chi connectivity index (χ1n) is 2.99. The average molecular weight is 129 g/mol. The Hall–Kier alpha value is -0.730. The molecule has 1 radical (unpaired) electrons. The first kappa shape index (κ1) is 6.39. The molecule has 1 aliphatic heterocycles. The lowest BCUT2D eigenvalue weighted by Crippen LogP contribution is -2.09. The van der Waals surface area contributed by atoms with Crippen LogP contribution in [0.5, 0.6) is 0 Å². The Kier molecular flexibility index (Phi) is 1.92. The van der Waals surface area contributed by atoms with Crippen molar-refractivity contribution in [1.82, 2.24) is 0 Å². The molecular formula is C6H9O3. The van der Waals surface area contributed by atoms with Crippen LogP contribution in [0.15, 0.2) is 0 Å². The maximum Gasteiger partial charge on any atom is 0.508 e. The molecule has 3 nitrogen and oxygen atoms in total. The number of hydrogen-bond acceptors (Lipinski definition) is 3. The third-order valence-electron chi connectivity index (χ3n) is 1.11. The molecule has 1 rings (SSSR count). The summed E-state index contributed by atoms with van der Waals surface area (Å²) in [5.74, 6) is 0. The molecule has 0 amide bonds. The van der Waals surface area contributed by atoms with Gasteiger partial charge < -0.3 is 9.47 Å². The zero-order valence-electron chi connectivity index (χ0n) is 5.29. The van der Waals surface area contributed by atoms with Gasteiger partial charge in [-0.1, -0.05) is 6.92 Å². The minimum atomic E-state index is -0.551. The summed E-state index contributed by atoms with van der Waals surface area (Å²) in [6.45, 7) is 2.37. The van der Waals surface area contributed by atoms with E-state index in [9.17, 15) is 4.79 Å². The maximum atomic E-state index is 10.3. The highest BCUT2D eigenvalue weighted by molar-refractivity contribution is 5.62. The molecule has 0 aromatic heterocycles. The van der Waals surface area contributed by atoms with Crippen molar-refractivity contribution in [3.63, 3.8) is 0 Å². The van der Waals surface area contributed by atoms with Gasteiger partial charge in [0.1, 0.15) is 12.7 Å². The van der Waals surface area contributed by atoms with E-state index in [0.29, 0.717) is 6.61 Å². The largest absolute Gasteiger partial charge is 0.508 e. The Labute approximate surface area is 53.9 Å². The molecule has 1 aliphatic rings. The van der Waals surface area contributed by atoms with Crippen LogP contribution in [0.3, 0.4) is 0 Å². The quantitative estimate of drug-likeness (QED) is 0.524. The molecule has 0 bridgehead atoms. The summed E-state index contributed by atoms with van der Waals surface area (Å²) in [5, 5.41) is 0. The van der Waals surface area contributed by atoms with Gasteiger partial charge in [0.25, 0.3) is 0 Å². The fourth-order valence-corrected chi connectivity index (χ4v) is 0.721. The van der Waals surface area contributed by atoms with Crippen molar-refractivity contribution in [2.75, 3.05) is 6.61 Å². The molecular weight excluding hydrogens is 120 g/mol. The molecule has 9 heavy (non-hydrogen) atoms. The van der Waals surface area contributed by atoms with Crippen LogP contribution >= 0.6 is 0 Å². The minimum absolute atomic E-state index is 0.109. The Morgan fingerprint density at radius 3 is 3.11 bits per heavy atom. The predicted molar refractivity (Wildman–Crippen MR) is 30.8 cm³/mol. The molecule has 1 fully saturated rings. The molecule has 0 aliphatic carbocycles. The summed E-state index contributed by atoms with van der Waals surface area (Å²) in [6.07, 6.45) is 2.15. The second-order valence-electron chi connectivity index (χ2n) is 1.86. The van der Waals surface area contributed by atoms with Gasteiger partial charge in [-0.3, -0.25) is 0 Å². The van der Waals surface area contributed by atoms with Crippen LogP contribution in [0.2, 0.25) is 0 Å². The lowest BCUT2D eigenvalue weighted by Gasteiger charge is -2.00. The first-order valence-corrected chi connectivity index (χ1v) is 2.99. The monoisotopic (exact) mass is 129 g/mol. The number of carbonyl (C=O) groups excluding carboxylic acids is 1. The van der Waals surface area contributed by atoms with Gasteiger partial charge in [-0.05, 0) is 6.42 Å². The van der Waals surface area contributed by atoms with Gasteiger partial charge in [-0.15, -0.1) is 0 Å². The lowest BCUT2D eigenvalue weighted by molar-refractivity contribution is 0.123. The number of carbonyl (C=O) groups is 1. The van der Waals surface area contributed by atoms with E-state index >= 15 is 0 Å². The average Bonchev–Trinajstić information content (AvgIpc) is 2.17. The van der Waals surface area contributed by atoms with Crippen LogP contribution in [0.25, 0.3) is 0 Å². The van der Waals surface area contributed by atoms with E-state index in [1.807, 2.05) is 13.3 Å². The van der Waals surface area contributed by atoms with Gasteiger partial charge in [-0.25, -0.2) is 4.79 Å². The molecule has 0 aromatic carbocycles. The van der Waals surface area contributed by atoms with Gasteiger partial charge >= 0.3 is 6.16 Å². The Morgan fingerprint density at radius 2 is 2.67 bits per heavy atom. The fraction of sp³-hybridized carbons (Fsp3) is 0.667. The van der Waals surface area contributed by atoms with Gasteiger partial charge in [-0.2, -0.15) is 0 Å². The second kappa shape index (κ2) is 2.71. The molecule has 0 spiro atoms. The van der Waals surface area contributed by atoms with Crippen molar-refractivity contribution in [3.8, 4) is 0 Å². The smallest absolute Gasteiger partial charge is 0.430 e. The van der Waals surface area contributed by atoms with E-state index in [0.717, 1.165) is 6.42 Å². The van der Waals surface area contributed by atoms with Crippen molar-refractivity contribution in [1.29, 1.82) is 0 Å². The summed E-state index contributed by atoms with van der Waals surface area (Å²) in [7, 11) is 0. The summed E-state index contributed by atoms with van der Waals surface area (Å²) >= 11 is 0. The standard InChI is InChI=1S/C6H9O3/c1-2-3-5-4-8-6(7)9-5/h3,5H,2,4H2,1H3. The first-order chi connectivity index (χ1) is 4.33. The third-order valence-corrected chi connectivity index (χ3v) is 1.11. The van der Waals surface area contributed by atoms with Crippen molar-refractivity contribution in [2.45, 2.75) is 19.4 Å². The molecule has 1 unspecified atom stereocenters. The van der Waals surface area contributed by atoms with Crippen molar-refractivity contribution in [2.24, 2.45) is 0 Å². The van der Waals surface area contributed by atoms with Crippen LogP contribution in [0, 0.1) is 6.42 Å². The zero-order valence-corrected chi connectivity index (χ0v) is 5.29. The van der Waals surface area contributed by atoms with E-state index in [1.165, 1.54) is 0 Å². The topological polar surface area (TPSA) is 35.5 Å².